The molecule has 6 nitrogen and oxygen atoms in total. The molecule has 1 heterocycles. The second-order valence-corrected chi connectivity index (χ2v) is 6.25. The molecule has 0 fully saturated rings. The molecule has 144 valence electrons. The van der Waals surface area contributed by atoms with Gasteiger partial charge in [0.25, 0.3) is 5.91 Å². The molecule has 0 atom stereocenters. The van der Waals surface area contributed by atoms with Crippen LogP contribution >= 0.6 is 0 Å². The van der Waals surface area contributed by atoms with Gasteiger partial charge in [-0.3, -0.25) is 4.79 Å². The van der Waals surface area contributed by atoms with Gasteiger partial charge < -0.3 is 10.2 Å². The Labute approximate surface area is 162 Å². The lowest BCUT2D eigenvalue weighted by Gasteiger charge is -2.13. The molecule has 1 aliphatic rings. The van der Waals surface area contributed by atoms with Crippen LogP contribution in [-0.4, -0.2) is 29.0 Å². The molecule has 0 saturated heterocycles. The number of nitrogens with zero attached hydrogens (tertiary/aromatic N) is 3. The van der Waals surface area contributed by atoms with Gasteiger partial charge in [0.05, 0.1) is 11.9 Å². The van der Waals surface area contributed by atoms with Crippen LogP contribution in [0.2, 0.25) is 0 Å². The zero-order chi connectivity index (χ0) is 20.1. The number of carbonyl (C=O) groups excluding carboxylic acids is 1. The van der Waals surface area contributed by atoms with E-state index >= 15 is 0 Å². The van der Waals surface area contributed by atoms with Gasteiger partial charge >= 0.3 is 0 Å². The molecule has 0 saturated carbocycles. The molecule has 0 spiro atoms. The minimum Gasteiger partial charge on any atom is -0.399 e. The highest BCUT2D eigenvalue weighted by molar-refractivity contribution is 5.98. The first-order valence-electron chi connectivity index (χ1n) is 8.75. The summed E-state index contributed by atoms with van der Waals surface area (Å²) in [6.45, 7) is 1.61. The number of halogens is 1. The van der Waals surface area contributed by atoms with Crippen molar-refractivity contribution in [3.05, 3.63) is 82.6 Å². The summed E-state index contributed by atoms with van der Waals surface area (Å²) in [6, 6.07) is 7.71. The average Bonchev–Trinajstić information content (AvgIpc) is 2.84. The van der Waals surface area contributed by atoms with E-state index in [9.17, 15) is 9.18 Å². The molecule has 1 aromatic heterocycles. The van der Waals surface area contributed by atoms with Crippen molar-refractivity contribution in [2.45, 2.75) is 13.3 Å². The SMILES string of the molecule is CO/N=C/c1ccc(C2=C(NC(=O)c3c(C)nn(C)c3F)C=CC=CC2)cc1. The molecule has 1 amide bonds. The molecule has 1 N–H and O–H groups in total. The molecule has 1 aromatic carbocycles. The van der Waals surface area contributed by atoms with Crippen LogP contribution in [-0.2, 0) is 11.9 Å². The smallest absolute Gasteiger partial charge is 0.262 e. The monoisotopic (exact) mass is 380 g/mol. The van der Waals surface area contributed by atoms with Gasteiger partial charge in [-0.15, -0.1) is 0 Å². The summed E-state index contributed by atoms with van der Waals surface area (Å²) in [4.78, 5) is 17.4. The Balaban J connectivity index is 1.94. The lowest BCUT2D eigenvalue weighted by molar-refractivity contribution is 0.0962. The van der Waals surface area contributed by atoms with Gasteiger partial charge in [0.2, 0.25) is 5.95 Å². The van der Waals surface area contributed by atoms with E-state index < -0.39 is 11.9 Å². The standard InChI is InChI=1S/C21H21FN4O2/c1-14-19(20(22)26(2)25-14)21(27)24-18-8-6-4-5-7-17(18)16-11-9-15(10-12-16)13-23-28-3/h4-6,8-13H,7H2,1-3H3,(H,24,27)/b23-13+. The van der Waals surface area contributed by atoms with Crippen LogP contribution in [0.15, 0.2) is 59.4 Å². The summed E-state index contributed by atoms with van der Waals surface area (Å²) in [5.74, 6) is -1.18. The third kappa shape index (κ3) is 4.09. The molecule has 0 unspecified atom stereocenters. The molecular weight excluding hydrogens is 359 g/mol. The second kappa shape index (κ2) is 8.47. The van der Waals surface area contributed by atoms with E-state index in [4.69, 9.17) is 0 Å². The van der Waals surface area contributed by atoms with Gasteiger partial charge in [0, 0.05) is 12.7 Å². The fourth-order valence-electron chi connectivity index (χ4n) is 2.97. The molecule has 0 aliphatic heterocycles. The van der Waals surface area contributed by atoms with Gasteiger partial charge in [0.1, 0.15) is 12.7 Å². The summed E-state index contributed by atoms with van der Waals surface area (Å²) >= 11 is 0. The molecule has 2 aromatic rings. The fourth-order valence-corrected chi connectivity index (χ4v) is 2.97. The third-order valence-electron chi connectivity index (χ3n) is 4.35. The van der Waals surface area contributed by atoms with Crippen molar-refractivity contribution in [2.24, 2.45) is 12.2 Å². The van der Waals surface area contributed by atoms with E-state index in [-0.39, 0.29) is 5.56 Å². The van der Waals surface area contributed by atoms with Crippen LogP contribution in [0, 0.1) is 12.9 Å². The van der Waals surface area contributed by atoms with Crippen LogP contribution in [0.1, 0.15) is 33.6 Å². The van der Waals surface area contributed by atoms with Crippen molar-refractivity contribution in [3.63, 3.8) is 0 Å². The van der Waals surface area contributed by atoms with Crippen LogP contribution in [0.4, 0.5) is 4.39 Å². The predicted molar refractivity (Wildman–Crippen MR) is 106 cm³/mol. The number of hydrogen-bond donors (Lipinski definition) is 1. The van der Waals surface area contributed by atoms with E-state index in [1.165, 1.54) is 14.2 Å². The first-order valence-corrected chi connectivity index (χ1v) is 8.75. The lowest BCUT2D eigenvalue weighted by atomic mass is 9.99. The molecule has 1 aliphatic carbocycles. The van der Waals surface area contributed by atoms with Crippen LogP contribution < -0.4 is 5.32 Å². The number of allylic oxidation sites excluding steroid dienone is 5. The minimum atomic E-state index is -0.658. The van der Waals surface area contributed by atoms with Crippen molar-refractivity contribution < 1.29 is 14.0 Å². The van der Waals surface area contributed by atoms with Gasteiger partial charge in [-0.1, -0.05) is 47.6 Å². The van der Waals surface area contributed by atoms with E-state index in [0.29, 0.717) is 17.8 Å². The summed E-state index contributed by atoms with van der Waals surface area (Å²) in [6.07, 6.45) is 9.80. The molecule has 7 heteroatoms. The highest BCUT2D eigenvalue weighted by Crippen LogP contribution is 2.25. The molecule has 0 radical (unpaired) electrons. The highest BCUT2D eigenvalue weighted by Gasteiger charge is 2.22. The van der Waals surface area contributed by atoms with Crippen molar-refractivity contribution in [1.29, 1.82) is 0 Å². The summed E-state index contributed by atoms with van der Waals surface area (Å²) in [5.41, 5.74) is 3.68. The third-order valence-corrected chi connectivity index (χ3v) is 4.35. The Morgan fingerprint density at radius 1 is 1.32 bits per heavy atom. The second-order valence-electron chi connectivity index (χ2n) is 6.25. The van der Waals surface area contributed by atoms with E-state index in [1.807, 2.05) is 42.5 Å². The maximum absolute atomic E-state index is 14.2. The molecule has 0 bridgehead atoms. The number of aromatic nitrogens is 2. The van der Waals surface area contributed by atoms with E-state index in [2.05, 4.69) is 20.4 Å². The lowest BCUT2D eigenvalue weighted by Crippen LogP contribution is -2.24. The van der Waals surface area contributed by atoms with Crippen molar-refractivity contribution in [1.82, 2.24) is 15.1 Å². The molecule has 28 heavy (non-hydrogen) atoms. The zero-order valence-corrected chi connectivity index (χ0v) is 15.9. The van der Waals surface area contributed by atoms with Gasteiger partial charge in [0.15, 0.2) is 0 Å². The number of oxime groups is 1. The maximum Gasteiger partial charge on any atom is 0.262 e. The number of aryl methyl sites for hydroxylation is 2. The van der Waals surface area contributed by atoms with Crippen molar-refractivity contribution >= 4 is 17.7 Å². The number of hydrogen-bond acceptors (Lipinski definition) is 4. The van der Waals surface area contributed by atoms with Gasteiger partial charge in [-0.2, -0.15) is 9.49 Å². The Morgan fingerprint density at radius 2 is 2.07 bits per heavy atom. The van der Waals surface area contributed by atoms with E-state index in [1.54, 1.807) is 19.2 Å². The van der Waals surface area contributed by atoms with Crippen LogP contribution in [0.5, 0.6) is 0 Å². The van der Waals surface area contributed by atoms with E-state index in [0.717, 1.165) is 21.4 Å². The number of amides is 1. The highest BCUT2D eigenvalue weighted by atomic mass is 19.1. The number of rotatable bonds is 5. The number of benzene rings is 1. The predicted octanol–water partition coefficient (Wildman–Crippen LogP) is 3.51. The topological polar surface area (TPSA) is 68.5 Å². The zero-order valence-electron chi connectivity index (χ0n) is 15.9. The van der Waals surface area contributed by atoms with Gasteiger partial charge in [-0.25, -0.2) is 4.68 Å². The first kappa shape index (κ1) is 19.3. The Hall–Kier alpha value is -3.48. The first-order chi connectivity index (χ1) is 13.5. The molecule has 3 rings (SSSR count). The average molecular weight is 380 g/mol. The quantitative estimate of drug-likeness (QED) is 0.638. The molecular formula is C21H21FN4O2. The normalized spacial score (nSPS) is 13.9. The largest absolute Gasteiger partial charge is 0.399 e. The minimum absolute atomic E-state index is 0.0499. The van der Waals surface area contributed by atoms with Crippen molar-refractivity contribution in [2.75, 3.05) is 7.11 Å². The Bertz CT molecular complexity index is 998. The maximum atomic E-state index is 14.2. The van der Waals surface area contributed by atoms with Crippen LogP contribution in [0.25, 0.3) is 5.57 Å². The van der Waals surface area contributed by atoms with Crippen molar-refractivity contribution in [3.8, 4) is 0 Å². The summed E-state index contributed by atoms with van der Waals surface area (Å²) < 4.78 is 15.3. The number of carbonyl (C=O) groups is 1. The van der Waals surface area contributed by atoms with Gasteiger partial charge in [-0.05, 0) is 36.1 Å². The number of nitrogens with one attached hydrogen (secondary N) is 1. The Morgan fingerprint density at radius 3 is 2.71 bits per heavy atom. The summed E-state index contributed by atoms with van der Waals surface area (Å²) in [7, 11) is 2.95. The van der Waals surface area contributed by atoms with Crippen LogP contribution in [0.3, 0.4) is 0 Å². The fraction of sp³-hybridized carbons (Fsp3) is 0.190. The summed E-state index contributed by atoms with van der Waals surface area (Å²) in [5, 5.41) is 10.6. The Kier molecular flexibility index (Phi) is 5.84.